The summed E-state index contributed by atoms with van der Waals surface area (Å²) < 4.78 is 0. The summed E-state index contributed by atoms with van der Waals surface area (Å²) in [6.07, 6.45) is 1.98. The van der Waals surface area contributed by atoms with Gasteiger partial charge in [-0.2, -0.15) is 0 Å². The summed E-state index contributed by atoms with van der Waals surface area (Å²) in [5.41, 5.74) is 4.21. The normalized spacial score (nSPS) is 12.3. The molecular weight excluding hydrogens is 381 g/mol. The number of rotatable bonds is 6. The smallest absolute Gasteiger partial charge is 0.311 e. The number of carbonyl (C=O) groups is 1. The molecule has 1 unspecified atom stereocenters. The van der Waals surface area contributed by atoms with Crippen molar-refractivity contribution in [3.63, 3.8) is 0 Å². The summed E-state index contributed by atoms with van der Waals surface area (Å²) in [6, 6.07) is 13.0. The van der Waals surface area contributed by atoms with Crippen molar-refractivity contribution in [3.05, 3.63) is 63.8 Å². The summed E-state index contributed by atoms with van der Waals surface area (Å²) in [5.74, 6) is -1.45. The molecule has 2 aromatic carbocycles. The second-order valence-electron chi connectivity index (χ2n) is 6.55. The van der Waals surface area contributed by atoms with Gasteiger partial charge in [-0.3, -0.25) is 9.78 Å². The lowest BCUT2D eigenvalue weighted by Gasteiger charge is -2.22. The van der Waals surface area contributed by atoms with E-state index in [2.05, 4.69) is 0 Å². The first-order valence-corrected chi connectivity index (χ1v) is 9.82. The van der Waals surface area contributed by atoms with E-state index in [0.29, 0.717) is 22.9 Å². The molecule has 0 saturated heterocycles. The van der Waals surface area contributed by atoms with E-state index in [0.717, 1.165) is 39.7 Å². The number of aryl methyl sites for hydroxylation is 1. The van der Waals surface area contributed by atoms with Gasteiger partial charge in [0.15, 0.2) is 0 Å². The lowest BCUT2D eigenvalue weighted by atomic mass is 9.84. The molecule has 0 bridgehead atoms. The van der Waals surface area contributed by atoms with Crippen LogP contribution in [0.5, 0.6) is 0 Å². The van der Waals surface area contributed by atoms with Crippen molar-refractivity contribution in [1.29, 1.82) is 0 Å². The fraction of sp³-hybridized carbons (Fsp3) is 0.273. The first kappa shape index (κ1) is 19.7. The van der Waals surface area contributed by atoms with Gasteiger partial charge in [0.25, 0.3) is 0 Å². The molecule has 27 heavy (non-hydrogen) atoms. The molecule has 0 aliphatic rings. The van der Waals surface area contributed by atoms with Crippen LogP contribution >= 0.6 is 23.2 Å². The van der Waals surface area contributed by atoms with Gasteiger partial charge in [-0.15, -0.1) is 0 Å². The number of carboxylic acids is 1. The van der Waals surface area contributed by atoms with E-state index in [-0.39, 0.29) is 0 Å². The maximum Gasteiger partial charge on any atom is 0.311 e. The van der Waals surface area contributed by atoms with Crippen LogP contribution in [-0.4, -0.2) is 16.1 Å². The Balaban J connectivity index is 2.45. The first-order chi connectivity index (χ1) is 13.0. The van der Waals surface area contributed by atoms with Gasteiger partial charge in [0.2, 0.25) is 0 Å². The summed E-state index contributed by atoms with van der Waals surface area (Å²) in [7, 11) is 0. The van der Waals surface area contributed by atoms with Crippen LogP contribution in [-0.2, 0) is 11.2 Å². The number of nitrogens with zero attached hydrogens (tertiary/aromatic N) is 1. The number of hydrogen-bond acceptors (Lipinski definition) is 2. The van der Waals surface area contributed by atoms with Crippen LogP contribution in [0.4, 0.5) is 0 Å². The van der Waals surface area contributed by atoms with Crippen LogP contribution < -0.4 is 0 Å². The largest absolute Gasteiger partial charge is 0.481 e. The highest BCUT2D eigenvalue weighted by atomic mass is 35.5. The van der Waals surface area contributed by atoms with Crippen LogP contribution in [0, 0.1) is 0 Å². The molecule has 1 atom stereocenters. The van der Waals surface area contributed by atoms with E-state index in [9.17, 15) is 9.90 Å². The SMILES string of the molecule is CCCC(C(=O)O)c1c(CC)nc2ccc(Cl)cc2c1-c1ccc(Cl)cc1. The third-order valence-electron chi connectivity index (χ3n) is 4.76. The van der Waals surface area contributed by atoms with Gasteiger partial charge in [0.1, 0.15) is 0 Å². The summed E-state index contributed by atoms with van der Waals surface area (Å²) in [4.78, 5) is 16.9. The standard InChI is InChI=1S/C22H21Cl2NO2/c1-3-5-16(22(26)27)21-18(4-2)25-19-11-10-15(24)12-17(19)20(21)13-6-8-14(23)9-7-13/h6-12,16H,3-5H2,1-2H3,(H,26,27). The van der Waals surface area contributed by atoms with Gasteiger partial charge < -0.3 is 5.11 Å². The molecule has 140 valence electrons. The molecule has 0 radical (unpaired) electrons. The number of halogens is 2. The van der Waals surface area contributed by atoms with Crippen molar-refractivity contribution in [1.82, 2.24) is 4.98 Å². The fourth-order valence-electron chi connectivity index (χ4n) is 3.55. The minimum atomic E-state index is -0.829. The molecule has 1 heterocycles. The van der Waals surface area contributed by atoms with Gasteiger partial charge in [-0.05, 0) is 59.9 Å². The Kier molecular flexibility index (Phi) is 6.03. The number of aromatic nitrogens is 1. The zero-order valence-electron chi connectivity index (χ0n) is 15.3. The Morgan fingerprint density at radius 2 is 1.74 bits per heavy atom. The maximum atomic E-state index is 12.1. The number of pyridine rings is 1. The lowest BCUT2D eigenvalue weighted by molar-refractivity contribution is -0.139. The molecule has 3 rings (SSSR count). The number of benzene rings is 2. The Bertz CT molecular complexity index is 984. The monoisotopic (exact) mass is 401 g/mol. The predicted molar refractivity (Wildman–Crippen MR) is 112 cm³/mol. The molecule has 3 aromatic rings. The topological polar surface area (TPSA) is 50.2 Å². The summed E-state index contributed by atoms with van der Waals surface area (Å²) in [6.45, 7) is 4.00. The Morgan fingerprint density at radius 1 is 1.07 bits per heavy atom. The average Bonchev–Trinajstić information content (AvgIpc) is 2.65. The summed E-state index contributed by atoms with van der Waals surface area (Å²) >= 11 is 12.3. The molecule has 0 aliphatic carbocycles. The number of hydrogen-bond donors (Lipinski definition) is 1. The van der Waals surface area contributed by atoms with E-state index >= 15 is 0 Å². The maximum absolute atomic E-state index is 12.1. The van der Waals surface area contributed by atoms with E-state index in [1.165, 1.54) is 0 Å². The van der Waals surface area contributed by atoms with Crippen molar-refractivity contribution in [2.75, 3.05) is 0 Å². The highest BCUT2D eigenvalue weighted by Crippen LogP contribution is 2.40. The molecular formula is C22H21Cl2NO2. The van der Waals surface area contributed by atoms with E-state index < -0.39 is 11.9 Å². The third-order valence-corrected chi connectivity index (χ3v) is 5.24. The van der Waals surface area contributed by atoms with Crippen LogP contribution in [0.1, 0.15) is 43.9 Å². The molecule has 0 fully saturated rings. The van der Waals surface area contributed by atoms with Crippen LogP contribution in [0.2, 0.25) is 10.0 Å². The molecule has 0 spiro atoms. The van der Waals surface area contributed by atoms with Crippen molar-refractivity contribution in [2.24, 2.45) is 0 Å². The van der Waals surface area contributed by atoms with E-state index in [1.54, 1.807) is 0 Å². The van der Waals surface area contributed by atoms with Crippen LogP contribution in [0.3, 0.4) is 0 Å². The molecule has 0 aliphatic heterocycles. The zero-order chi connectivity index (χ0) is 19.6. The minimum absolute atomic E-state index is 0.552. The Labute approximate surface area is 169 Å². The van der Waals surface area contributed by atoms with Crippen molar-refractivity contribution < 1.29 is 9.90 Å². The zero-order valence-corrected chi connectivity index (χ0v) is 16.8. The average molecular weight is 402 g/mol. The third kappa shape index (κ3) is 3.95. The molecule has 0 saturated carbocycles. The van der Waals surface area contributed by atoms with Gasteiger partial charge in [-0.1, -0.05) is 55.6 Å². The van der Waals surface area contributed by atoms with Crippen LogP contribution in [0.25, 0.3) is 22.0 Å². The van der Waals surface area contributed by atoms with E-state index in [4.69, 9.17) is 28.2 Å². The molecule has 0 amide bonds. The van der Waals surface area contributed by atoms with Gasteiger partial charge in [0.05, 0.1) is 11.4 Å². The van der Waals surface area contributed by atoms with Gasteiger partial charge in [-0.25, -0.2) is 0 Å². The number of carboxylic acid groups (broad SMARTS) is 1. The van der Waals surface area contributed by atoms with Crippen molar-refractivity contribution >= 4 is 40.1 Å². The minimum Gasteiger partial charge on any atom is -0.481 e. The van der Waals surface area contributed by atoms with Gasteiger partial charge in [0, 0.05) is 21.1 Å². The lowest BCUT2D eigenvalue weighted by Crippen LogP contribution is -2.16. The Hall–Kier alpha value is -2.10. The van der Waals surface area contributed by atoms with Gasteiger partial charge >= 0.3 is 5.97 Å². The fourth-order valence-corrected chi connectivity index (χ4v) is 3.85. The molecule has 1 N–H and O–H groups in total. The van der Waals surface area contributed by atoms with E-state index in [1.807, 2.05) is 56.3 Å². The Morgan fingerprint density at radius 3 is 2.33 bits per heavy atom. The molecule has 1 aromatic heterocycles. The quantitative estimate of drug-likeness (QED) is 0.497. The van der Waals surface area contributed by atoms with Crippen molar-refractivity contribution in [2.45, 2.75) is 39.0 Å². The predicted octanol–water partition coefficient (Wildman–Crippen LogP) is 6.74. The van der Waals surface area contributed by atoms with Crippen LogP contribution in [0.15, 0.2) is 42.5 Å². The summed E-state index contributed by atoms with van der Waals surface area (Å²) in [5, 5.41) is 12.0. The van der Waals surface area contributed by atoms with Crippen molar-refractivity contribution in [3.8, 4) is 11.1 Å². The highest BCUT2D eigenvalue weighted by Gasteiger charge is 2.27. The molecule has 5 heteroatoms. The second-order valence-corrected chi connectivity index (χ2v) is 7.42. The second kappa shape index (κ2) is 8.28. The number of aliphatic carboxylic acids is 1. The first-order valence-electron chi connectivity index (χ1n) is 9.07. The highest BCUT2D eigenvalue weighted by molar-refractivity contribution is 6.31. The number of fused-ring (bicyclic) bond motifs is 1. The molecule has 3 nitrogen and oxygen atoms in total.